The number of rotatable bonds is 6. The second kappa shape index (κ2) is 12.5. The third-order valence-electron chi connectivity index (χ3n) is 5.25. The number of aliphatic carboxylic acids is 2. The molecule has 2 N–H and O–H groups in total. The molecular weight excluding hydrogens is 452 g/mol. The minimum atomic E-state index is -1.26. The summed E-state index contributed by atoms with van der Waals surface area (Å²) in [5.74, 6) is -2.22. The molecule has 30 heavy (non-hydrogen) atoms. The lowest BCUT2D eigenvalue weighted by Crippen LogP contribution is -2.49. The molecular formula is C22H29BrN2O5. The molecule has 0 saturated carbocycles. The minimum absolute atomic E-state index is 0.297. The molecule has 0 aliphatic carbocycles. The quantitative estimate of drug-likeness (QED) is 0.606. The predicted octanol–water partition coefficient (Wildman–Crippen LogP) is 3.18. The van der Waals surface area contributed by atoms with Gasteiger partial charge in [-0.25, -0.2) is 9.59 Å². The first-order valence-electron chi connectivity index (χ1n) is 10.3. The molecule has 2 saturated heterocycles. The number of amides is 1. The standard InChI is InChI=1S/C18H25BrN2O.C4H4O4/c19-16-8-6-15(7-9-16)13-18(22)21-12-2-1-5-17(21)14-20-10-3-4-11-20;5-3(6)1-2-4(7)8/h6-9,17H,1-5,10-14H2;1-2H,(H,5,6)(H,7,8). The van der Waals surface area contributed by atoms with Crippen LogP contribution in [0.1, 0.15) is 37.7 Å². The van der Waals surface area contributed by atoms with E-state index in [0.29, 0.717) is 30.5 Å². The Kier molecular flexibility index (Phi) is 10.0. The van der Waals surface area contributed by atoms with Crippen LogP contribution in [-0.4, -0.2) is 70.1 Å². The third kappa shape index (κ3) is 8.67. The second-order valence-corrected chi connectivity index (χ2v) is 8.47. The summed E-state index contributed by atoms with van der Waals surface area (Å²) in [5.41, 5.74) is 1.11. The number of benzene rings is 1. The zero-order valence-electron chi connectivity index (χ0n) is 17.0. The Labute approximate surface area is 185 Å². The average molecular weight is 481 g/mol. The summed E-state index contributed by atoms with van der Waals surface area (Å²) in [7, 11) is 0. The summed E-state index contributed by atoms with van der Waals surface area (Å²) in [6.07, 6.45) is 7.87. The summed E-state index contributed by atoms with van der Waals surface area (Å²) in [6.45, 7) is 4.44. The fourth-order valence-corrected chi connectivity index (χ4v) is 4.07. The fraction of sp³-hybridized carbons (Fsp3) is 0.500. The van der Waals surface area contributed by atoms with Crippen LogP contribution >= 0.6 is 15.9 Å². The Morgan fingerprint density at radius 2 is 1.50 bits per heavy atom. The number of hydrogen-bond donors (Lipinski definition) is 2. The van der Waals surface area contributed by atoms with Crippen LogP contribution in [0.4, 0.5) is 0 Å². The summed E-state index contributed by atoms with van der Waals surface area (Å²) >= 11 is 3.45. The van der Waals surface area contributed by atoms with E-state index in [9.17, 15) is 14.4 Å². The molecule has 1 atom stereocenters. The Hall–Kier alpha value is -2.19. The molecule has 2 heterocycles. The number of carboxylic acid groups (broad SMARTS) is 2. The number of nitrogens with zero attached hydrogens (tertiary/aromatic N) is 2. The molecule has 164 valence electrons. The maximum atomic E-state index is 12.7. The molecule has 1 unspecified atom stereocenters. The largest absolute Gasteiger partial charge is 0.478 e. The van der Waals surface area contributed by atoms with E-state index in [-0.39, 0.29) is 0 Å². The van der Waals surface area contributed by atoms with Gasteiger partial charge in [0.1, 0.15) is 0 Å². The number of halogens is 1. The van der Waals surface area contributed by atoms with Gasteiger partial charge in [-0.1, -0.05) is 28.1 Å². The lowest BCUT2D eigenvalue weighted by atomic mass is 10.00. The molecule has 7 nitrogen and oxygen atoms in total. The normalized spacial score (nSPS) is 19.4. The van der Waals surface area contributed by atoms with Crippen LogP contribution < -0.4 is 0 Å². The molecule has 1 aromatic rings. The summed E-state index contributed by atoms with van der Waals surface area (Å²) in [5, 5.41) is 15.6. The molecule has 0 aromatic heterocycles. The Bertz CT molecular complexity index is 728. The highest BCUT2D eigenvalue weighted by Gasteiger charge is 2.28. The minimum Gasteiger partial charge on any atom is -0.478 e. The van der Waals surface area contributed by atoms with E-state index in [4.69, 9.17) is 10.2 Å². The highest BCUT2D eigenvalue weighted by Crippen LogP contribution is 2.21. The maximum absolute atomic E-state index is 12.7. The van der Waals surface area contributed by atoms with Crippen molar-refractivity contribution in [3.8, 4) is 0 Å². The zero-order chi connectivity index (χ0) is 21.9. The average Bonchev–Trinajstić information content (AvgIpc) is 3.22. The van der Waals surface area contributed by atoms with Crippen LogP contribution in [0.25, 0.3) is 0 Å². The van der Waals surface area contributed by atoms with Gasteiger partial charge >= 0.3 is 11.9 Å². The van der Waals surface area contributed by atoms with E-state index < -0.39 is 11.9 Å². The molecule has 8 heteroatoms. The van der Waals surface area contributed by atoms with Gasteiger partial charge in [-0.3, -0.25) is 4.79 Å². The molecule has 2 aliphatic heterocycles. The van der Waals surface area contributed by atoms with Gasteiger partial charge in [-0.2, -0.15) is 0 Å². The summed E-state index contributed by atoms with van der Waals surface area (Å²) in [4.78, 5) is 36.5. The first-order chi connectivity index (χ1) is 14.3. The molecule has 2 fully saturated rings. The van der Waals surface area contributed by atoms with Gasteiger partial charge in [0.25, 0.3) is 0 Å². The predicted molar refractivity (Wildman–Crippen MR) is 117 cm³/mol. The Morgan fingerprint density at radius 1 is 0.933 bits per heavy atom. The number of carboxylic acids is 2. The van der Waals surface area contributed by atoms with Crippen molar-refractivity contribution in [2.24, 2.45) is 0 Å². The summed E-state index contributed by atoms with van der Waals surface area (Å²) < 4.78 is 1.06. The molecule has 0 radical (unpaired) electrons. The van der Waals surface area contributed by atoms with Crippen molar-refractivity contribution in [1.82, 2.24) is 9.80 Å². The van der Waals surface area contributed by atoms with Crippen LogP contribution in [0, 0.1) is 0 Å². The maximum Gasteiger partial charge on any atom is 0.328 e. The van der Waals surface area contributed by atoms with Gasteiger partial charge < -0.3 is 20.0 Å². The first-order valence-corrected chi connectivity index (χ1v) is 11.0. The van der Waals surface area contributed by atoms with Crippen molar-refractivity contribution in [1.29, 1.82) is 0 Å². The van der Waals surface area contributed by atoms with E-state index in [2.05, 4.69) is 25.7 Å². The van der Waals surface area contributed by atoms with Gasteiger partial charge in [-0.15, -0.1) is 0 Å². The van der Waals surface area contributed by atoms with E-state index >= 15 is 0 Å². The van der Waals surface area contributed by atoms with Crippen molar-refractivity contribution in [2.45, 2.75) is 44.6 Å². The van der Waals surface area contributed by atoms with Gasteiger partial charge in [0, 0.05) is 35.8 Å². The van der Waals surface area contributed by atoms with Crippen molar-refractivity contribution >= 4 is 33.8 Å². The third-order valence-corrected chi connectivity index (χ3v) is 5.78. The number of carbonyl (C=O) groups is 3. The molecule has 2 aliphatic rings. The number of carbonyl (C=O) groups excluding carboxylic acids is 1. The van der Waals surface area contributed by atoms with Crippen molar-refractivity contribution < 1.29 is 24.6 Å². The fourth-order valence-electron chi connectivity index (χ4n) is 3.80. The molecule has 1 amide bonds. The monoisotopic (exact) mass is 480 g/mol. The smallest absolute Gasteiger partial charge is 0.328 e. The second-order valence-electron chi connectivity index (χ2n) is 7.56. The van der Waals surface area contributed by atoms with Gasteiger partial charge in [0.05, 0.1) is 6.42 Å². The van der Waals surface area contributed by atoms with Gasteiger partial charge in [0.2, 0.25) is 5.91 Å². The molecule has 3 rings (SSSR count). The Morgan fingerprint density at radius 3 is 2.07 bits per heavy atom. The molecule has 0 spiro atoms. The van der Waals surface area contributed by atoms with Crippen LogP contribution in [0.15, 0.2) is 40.9 Å². The lowest BCUT2D eigenvalue weighted by molar-refractivity contribution is -0.134. The topological polar surface area (TPSA) is 98.2 Å². The van der Waals surface area contributed by atoms with Crippen molar-refractivity contribution in [2.75, 3.05) is 26.2 Å². The van der Waals surface area contributed by atoms with Crippen LogP contribution in [0.2, 0.25) is 0 Å². The van der Waals surface area contributed by atoms with Crippen LogP contribution in [0.5, 0.6) is 0 Å². The Balaban J connectivity index is 0.000000343. The van der Waals surface area contributed by atoms with Crippen LogP contribution in [0.3, 0.4) is 0 Å². The van der Waals surface area contributed by atoms with E-state index in [1.165, 1.54) is 38.8 Å². The SMILES string of the molecule is O=C(Cc1ccc(Br)cc1)N1CCCCC1CN1CCCC1.O=C(O)C=CC(=O)O. The van der Waals surface area contributed by atoms with E-state index in [1.807, 2.05) is 24.3 Å². The highest BCUT2D eigenvalue weighted by molar-refractivity contribution is 9.10. The van der Waals surface area contributed by atoms with Crippen molar-refractivity contribution in [3.05, 3.63) is 46.5 Å². The van der Waals surface area contributed by atoms with Crippen molar-refractivity contribution in [3.63, 3.8) is 0 Å². The summed E-state index contributed by atoms with van der Waals surface area (Å²) in [6, 6.07) is 8.54. The number of likely N-dealkylation sites (tertiary alicyclic amines) is 2. The molecule has 0 bridgehead atoms. The highest BCUT2D eigenvalue weighted by atomic mass is 79.9. The van der Waals surface area contributed by atoms with E-state index in [0.717, 1.165) is 29.5 Å². The number of piperidine rings is 1. The first kappa shape index (κ1) is 24.1. The molecule has 1 aromatic carbocycles. The zero-order valence-corrected chi connectivity index (χ0v) is 18.6. The lowest BCUT2D eigenvalue weighted by Gasteiger charge is -2.38. The van der Waals surface area contributed by atoms with Crippen LogP contribution in [-0.2, 0) is 20.8 Å². The van der Waals surface area contributed by atoms with Gasteiger partial charge in [-0.05, 0) is 62.9 Å². The number of hydrogen-bond acceptors (Lipinski definition) is 4. The van der Waals surface area contributed by atoms with Gasteiger partial charge in [0.15, 0.2) is 0 Å². The van der Waals surface area contributed by atoms with E-state index in [1.54, 1.807) is 0 Å².